The molecule has 0 unspecified atom stereocenters. The minimum Gasteiger partial charge on any atom is -0.496 e. The number of hydrogen-bond acceptors (Lipinski definition) is 5. The minimum atomic E-state index is -0.328. The summed E-state index contributed by atoms with van der Waals surface area (Å²) in [6.07, 6.45) is -0.328. The number of rotatable bonds is 5. The van der Waals surface area contributed by atoms with Gasteiger partial charge < -0.3 is 19.7 Å². The monoisotopic (exact) mass is 424 g/mol. The third-order valence-electron chi connectivity index (χ3n) is 5.31. The normalized spacial score (nSPS) is 16.5. The van der Waals surface area contributed by atoms with Crippen LogP contribution in [0, 0.1) is 0 Å². The van der Waals surface area contributed by atoms with Gasteiger partial charge in [-0.2, -0.15) is 0 Å². The lowest BCUT2D eigenvalue weighted by Gasteiger charge is -2.32. The van der Waals surface area contributed by atoms with Crippen molar-refractivity contribution >= 4 is 33.2 Å². The van der Waals surface area contributed by atoms with Crippen LogP contribution in [0.3, 0.4) is 0 Å². The van der Waals surface area contributed by atoms with Gasteiger partial charge in [-0.05, 0) is 17.5 Å². The fourth-order valence-corrected chi connectivity index (χ4v) is 4.94. The van der Waals surface area contributed by atoms with Crippen LogP contribution in [0.15, 0.2) is 48.5 Å². The Balaban J connectivity index is 1.64. The molecule has 1 fully saturated rings. The Morgan fingerprint density at radius 2 is 1.97 bits per heavy atom. The largest absolute Gasteiger partial charge is 0.496 e. The van der Waals surface area contributed by atoms with Crippen LogP contribution in [0.1, 0.15) is 33.8 Å². The molecule has 3 aromatic rings. The van der Waals surface area contributed by atoms with Crippen molar-refractivity contribution in [3.05, 3.63) is 64.5 Å². The molecule has 1 atom stereocenters. The summed E-state index contributed by atoms with van der Waals surface area (Å²) in [5, 5.41) is 4.02. The number of nitrogens with one attached hydrogen (secondary N) is 1. The SMILES string of the molecule is COc1ccccc1CNC(=O)c1sc2ccccc2c1[C@@H]1CN(C(C)=O)CCO1. The maximum Gasteiger partial charge on any atom is 0.262 e. The Morgan fingerprint density at radius 3 is 2.77 bits per heavy atom. The number of carbonyl (C=O) groups excluding carboxylic acids is 2. The maximum absolute atomic E-state index is 13.2. The molecule has 1 aliphatic rings. The first-order valence-electron chi connectivity index (χ1n) is 9.87. The molecule has 6 nitrogen and oxygen atoms in total. The van der Waals surface area contributed by atoms with Crippen molar-refractivity contribution in [2.24, 2.45) is 0 Å². The van der Waals surface area contributed by atoms with Crippen molar-refractivity contribution in [1.82, 2.24) is 10.2 Å². The Hall–Kier alpha value is -2.90. The van der Waals surface area contributed by atoms with Crippen LogP contribution in [0.4, 0.5) is 0 Å². The molecule has 7 heteroatoms. The Kier molecular flexibility index (Phi) is 6.01. The van der Waals surface area contributed by atoms with Gasteiger partial charge in [-0.1, -0.05) is 36.4 Å². The summed E-state index contributed by atoms with van der Waals surface area (Å²) in [6.45, 7) is 3.40. The van der Waals surface area contributed by atoms with Crippen LogP contribution < -0.4 is 10.1 Å². The molecule has 1 aromatic heterocycles. The second-order valence-electron chi connectivity index (χ2n) is 7.16. The molecule has 2 aromatic carbocycles. The summed E-state index contributed by atoms with van der Waals surface area (Å²) in [6, 6.07) is 15.6. The lowest BCUT2D eigenvalue weighted by Crippen LogP contribution is -2.41. The summed E-state index contributed by atoms with van der Waals surface area (Å²) in [5.74, 6) is 0.604. The van der Waals surface area contributed by atoms with Gasteiger partial charge in [0, 0.05) is 35.8 Å². The standard InChI is InChI=1S/C23H24N2O4S/c1-15(26)25-11-12-29-19(14-25)21-17-8-4-6-10-20(17)30-22(21)23(27)24-13-16-7-3-5-9-18(16)28-2/h3-10,19H,11-14H2,1-2H3,(H,24,27)/t19-/m0/s1. The average molecular weight is 425 g/mol. The maximum atomic E-state index is 13.2. The van der Waals surface area contributed by atoms with Crippen LogP contribution in [0.5, 0.6) is 5.75 Å². The molecule has 1 saturated heterocycles. The van der Waals surface area contributed by atoms with Crippen molar-refractivity contribution in [2.45, 2.75) is 19.6 Å². The number of amides is 2. The predicted octanol–water partition coefficient (Wildman–Crippen LogP) is 3.76. The molecule has 0 spiro atoms. The lowest BCUT2D eigenvalue weighted by atomic mass is 10.0. The number of morpholine rings is 1. The number of ether oxygens (including phenoxy) is 2. The van der Waals surface area contributed by atoms with Gasteiger partial charge in [0.25, 0.3) is 5.91 Å². The van der Waals surface area contributed by atoms with Crippen LogP contribution in [0.2, 0.25) is 0 Å². The quantitative estimate of drug-likeness (QED) is 0.677. The van der Waals surface area contributed by atoms with Crippen molar-refractivity contribution in [2.75, 3.05) is 26.8 Å². The molecule has 0 aliphatic carbocycles. The highest BCUT2D eigenvalue weighted by Crippen LogP contribution is 2.38. The van der Waals surface area contributed by atoms with Gasteiger partial charge in [0.15, 0.2) is 0 Å². The van der Waals surface area contributed by atoms with E-state index in [1.54, 1.807) is 18.9 Å². The Bertz CT molecular complexity index is 1080. The number of carbonyl (C=O) groups is 2. The van der Waals surface area contributed by atoms with Gasteiger partial charge in [-0.3, -0.25) is 9.59 Å². The molecule has 4 rings (SSSR count). The van der Waals surface area contributed by atoms with E-state index in [1.807, 2.05) is 48.5 Å². The van der Waals surface area contributed by atoms with E-state index in [9.17, 15) is 9.59 Å². The summed E-state index contributed by atoms with van der Waals surface area (Å²) in [4.78, 5) is 27.5. The summed E-state index contributed by atoms with van der Waals surface area (Å²) in [7, 11) is 1.62. The fraction of sp³-hybridized carbons (Fsp3) is 0.304. The number of thiophene rings is 1. The molecular formula is C23H24N2O4S. The lowest BCUT2D eigenvalue weighted by molar-refractivity contribution is -0.136. The molecule has 2 heterocycles. The number of benzene rings is 2. The Labute approximate surface area is 179 Å². The number of nitrogens with zero attached hydrogens (tertiary/aromatic N) is 1. The van der Waals surface area contributed by atoms with E-state index in [0.29, 0.717) is 31.1 Å². The second-order valence-corrected chi connectivity index (χ2v) is 8.21. The predicted molar refractivity (Wildman–Crippen MR) is 117 cm³/mol. The van der Waals surface area contributed by atoms with Gasteiger partial charge in [-0.25, -0.2) is 0 Å². The number of hydrogen-bond donors (Lipinski definition) is 1. The van der Waals surface area contributed by atoms with Crippen LogP contribution in [0.25, 0.3) is 10.1 Å². The van der Waals surface area contributed by atoms with Gasteiger partial charge >= 0.3 is 0 Å². The first-order chi connectivity index (χ1) is 14.6. The summed E-state index contributed by atoms with van der Waals surface area (Å²) < 4.78 is 12.4. The van der Waals surface area contributed by atoms with Gasteiger partial charge in [0.2, 0.25) is 5.91 Å². The van der Waals surface area contributed by atoms with E-state index in [1.165, 1.54) is 11.3 Å². The van der Waals surface area contributed by atoms with Crippen molar-refractivity contribution in [3.63, 3.8) is 0 Å². The van der Waals surface area contributed by atoms with E-state index in [0.717, 1.165) is 27.0 Å². The highest BCUT2D eigenvalue weighted by molar-refractivity contribution is 7.21. The average Bonchev–Trinajstić information content (AvgIpc) is 3.17. The smallest absolute Gasteiger partial charge is 0.262 e. The molecular weight excluding hydrogens is 400 g/mol. The van der Waals surface area contributed by atoms with Crippen molar-refractivity contribution in [1.29, 1.82) is 0 Å². The molecule has 0 radical (unpaired) electrons. The molecule has 2 amide bonds. The second kappa shape index (κ2) is 8.85. The third kappa shape index (κ3) is 4.04. The third-order valence-corrected chi connectivity index (χ3v) is 6.49. The molecule has 30 heavy (non-hydrogen) atoms. The van der Waals surface area contributed by atoms with E-state index in [2.05, 4.69) is 5.32 Å². The zero-order valence-corrected chi connectivity index (χ0v) is 17.8. The van der Waals surface area contributed by atoms with Crippen LogP contribution in [-0.4, -0.2) is 43.5 Å². The van der Waals surface area contributed by atoms with E-state index < -0.39 is 0 Å². The number of para-hydroxylation sites is 1. The molecule has 0 saturated carbocycles. The van der Waals surface area contributed by atoms with Gasteiger partial charge in [-0.15, -0.1) is 11.3 Å². The highest BCUT2D eigenvalue weighted by atomic mass is 32.1. The summed E-state index contributed by atoms with van der Waals surface area (Å²) in [5.41, 5.74) is 1.77. The molecule has 1 aliphatic heterocycles. The molecule has 156 valence electrons. The number of fused-ring (bicyclic) bond motifs is 1. The van der Waals surface area contributed by atoms with Crippen LogP contribution in [-0.2, 0) is 16.1 Å². The zero-order chi connectivity index (χ0) is 21.1. The van der Waals surface area contributed by atoms with Gasteiger partial charge in [0.05, 0.1) is 25.1 Å². The van der Waals surface area contributed by atoms with E-state index in [-0.39, 0.29) is 17.9 Å². The zero-order valence-electron chi connectivity index (χ0n) is 17.0. The highest BCUT2D eigenvalue weighted by Gasteiger charge is 2.30. The van der Waals surface area contributed by atoms with Crippen molar-refractivity contribution in [3.8, 4) is 5.75 Å². The number of methoxy groups -OCH3 is 1. The first-order valence-corrected chi connectivity index (χ1v) is 10.7. The minimum absolute atomic E-state index is 0.0185. The summed E-state index contributed by atoms with van der Waals surface area (Å²) >= 11 is 1.45. The Morgan fingerprint density at radius 1 is 1.20 bits per heavy atom. The first kappa shape index (κ1) is 20.4. The molecule has 0 bridgehead atoms. The van der Waals surface area contributed by atoms with Gasteiger partial charge in [0.1, 0.15) is 11.9 Å². The van der Waals surface area contributed by atoms with E-state index >= 15 is 0 Å². The topological polar surface area (TPSA) is 67.9 Å². The molecule has 1 N–H and O–H groups in total. The van der Waals surface area contributed by atoms with Crippen molar-refractivity contribution < 1.29 is 19.1 Å². The van der Waals surface area contributed by atoms with E-state index in [4.69, 9.17) is 9.47 Å². The van der Waals surface area contributed by atoms with Crippen LogP contribution >= 0.6 is 11.3 Å². The fourth-order valence-electron chi connectivity index (χ4n) is 3.77.